The molecule has 1 N–H and O–H groups in total. The summed E-state index contributed by atoms with van der Waals surface area (Å²) < 4.78 is 5.13. The van der Waals surface area contributed by atoms with Crippen molar-refractivity contribution >= 4 is 11.6 Å². The van der Waals surface area contributed by atoms with Crippen LogP contribution in [0, 0.1) is 6.92 Å². The van der Waals surface area contributed by atoms with E-state index in [4.69, 9.17) is 4.74 Å². The monoisotopic (exact) mass is 338 g/mol. The summed E-state index contributed by atoms with van der Waals surface area (Å²) in [6.45, 7) is 3.95. The van der Waals surface area contributed by atoms with Crippen LogP contribution in [-0.2, 0) is 5.72 Å². The second kappa shape index (κ2) is 6.69. The Kier molecular flexibility index (Phi) is 4.59. The summed E-state index contributed by atoms with van der Waals surface area (Å²) in [4.78, 5) is 13.0. The van der Waals surface area contributed by atoms with Crippen LogP contribution >= 0.6 is 0 Å². The first-order chi connectivity index (χ1) is 12.0. The lowest BCUT2D eigenvalue weighted by Crippen LogP contribution is -2.43. The van der Waals surface area contributed by atoms with Gasteiger partial charge in [-0.2, -0.15) is 10.1 Å². The van der Waals surface area contributed by atoms with E-state index in [1.807, 2.05) is 38.1 Å². The van der Waals surface area contributed by atoms with Gasteiger partial charge in [0, 0.05) is 23.3 Å². The lowest BCUT2D eigenvalue weighted by Gasteiger charge is -2.31. The maximum absolute atomic E-state index is 13.0. The van der Waals surface area contributed by atoms with Crippen LogP contribution in [-0.4, -0.2) is 28.8 Å². The fourth-order valence-corrected chi connectivity index (χ4v) is 2.93. The van der Waals surface area contributed by atoms with Gasteiger partial charge in [-0.25, -0.2) is 0 Å². The molecule has 0 fully saturated rings. The summed E-state index contributed by atoms with van der Waals surface area (Å²) in [5.41, 5.74) is 1.54. The van der Waals surface area contributed by atoms with Crippen LogP contribution in [0.25, 0.3) is 0 Å². The molecule has 0 saturated carbocycles. The van der Waals surface area contributed by atoms with Gasteiger partial charge in [0.15, 0.2) is 5.72 Å². The molecule has 0 aliphatic carbocycles. The predicted molar refractivity (Wildman–Crippen MR) is 96.6 cm³/mol. The molecular weight excluding hydrogens is 316 g/mol. The topological polar surface area (TPSA) is 62.1 Å². The molecule has 1 heterocycles. The third-order valence-corrected chi connectivity index (χ3v) is 4.49. The highest BCUT2D eigenvalue weighted by atomic mass is 16.5. The van der Waals surface area contributed by atoms with E-state index in [1.54, 1.807) is 31.4 Å². The van der Waals surface area contributed by atoms with Crippen LogP contribution in [0.5, 0.6) is 5.75 Å². The number of amides is 1. The van der Waals surface area contributed by atoms with Crippen LogP contribution in [0.3, 0.4) is 0 Å². The van der Waals surface area contributed by atoms with E-state index < -0.39 is 5.72 Å². The van der Waals surface area contributed by atoms with Crippen LogP contribution < -0.4 is 4.74 Å². The Hall–Kier alpha value is -2.66. The van der Waals surface area contributed by atoms with Gasteiger partial charge in [0.05, 0.1) is 7.11 Å². The third kappa shape index (κ3) is 3.15. The Morgan fingerprint density at radius 1 is 1.20 bits per heavy atom. The predicted octanol–water partition coefficient (Wildman–Crippen LogP) is 3.46. The zero-order valence-electron chi connectivity index (χ0n) is 14.7. The van der Waals surface area contributed by atoms with Crippen molar-refractivity contribution in [2.45, 2.75) is 32.4 Å². The SMILES string of the molecule is CCC1=NN(C(=O)c2ccc(OC)cc2)C(O)(c2ccc(C)cc2)C1. The summed E-state index contributed by atoms with van der Waals surface area (Å²) in [5, 5.41) is 16.9. The van der Waals surface area contributed by atoms with E-state index >= 15 is 0 Å². The maximum Gasteiger partial charge on any atom is 0.276 e. The molecule has 130 valence electrons. The second-order valence-electron chi connectivity index (χ2n) is 6.22. The molecule has 5 heteroatoms. The van der Waals surface area contributed by atoms with Gasteiger partial charge in [-0.15, -0.1) is 0 Å². The first-order valence-corrected chi connectivity index (χ1v) is 8.32. The molecule has 2 aromatic rings. The molecular formula is C20H22N2O3. The van der Waals surface area contributed by atoms with Gasteiger partial charge in [0.1, 0.15) is 5.75 Å². The summed E-state index contributed by atoms with van der Waals surface area (Å²) in [7, 11) is 1.57. The molecule has 0 bridgehead atoms. The Morgan fingerprint density at radius 2 is 1.84 bits per heavy atom. The lowest BCUT2D eigenvalue weighted by molar-refractivity contribution is -0.0765. The molecule has 2 aromatic carbocycles. The molecule has 1 unspecified atom stereocenters. The number of hydrogen-bond donors (Lipinski definition) is 1. The average Bonchev–Trinajstić information content (AvgIpc) is 2.99. The average molecular weight is 338 g/mol. The minimum absolute atomic E-state index is 0.314. The summed E-state index contributed by atoms with van der Waals surface area (Å²) >= 11 is 0. The molecule has 5 nitrogen and oxygen atoms in total. The van der Waals surface area contributed by atoms with Crippen LogP contribution in [0.4, 0.5) is 0 Å². The van der Waals surface area contributed by atoms with Crippen molar-refractivity contribution < 1.29 is 14.6 Å². The highest BCUT2D eigenvalue weighted by molar-refractivity contribution is 5.98. The zero-order valence-corrected chi connectivity index (χ0v) is 14.7. The normalized spacial score (nSPS) is 19.7. The Balaban J connectivity index is 1.98. The number of carbonyl (C=O) groups excluding carboxylic acids is 1. The second-order valence-corrected chi connectivity index (χ2v) is 6.22. The highest BCUT2D eigenvalue weighted by Gasteiger charge is 2.45. The zero-order chi connectivity index (χ0) is 18.0. The summed E-state index contributed by atoms with van der Waals surface area (Å²) in [6, 6.07) is 14.3. The molecule has 1 aliphatic heterocycles. The van der Waals surface area contributed by atoms with E-state index in [2.05, 4.69) is 5.10 Å². The van der Waals surface area contributed by atoms with Crippen molar-refractivity contribution in [1.29, 1.82) is 0 Å². The number of methoxy groups -OCH3 is 1. The number of benzene rings is 2. The van der Waals surface area contributed by atoms with Gasteiger partial charge >= 0.3 is 0 Å². The lowest BCUT2D eigenvalue weighted by atomic mass is 9.95. The van der Waals surface area contributed by atoms with Crippen molar-refractivity contribution in [3.05, 3.63) is 65.2 Å². The number of ether oxygens (including phenoxy) is 1. The molecule has 25 heavy (non-hydrogen) atoms. The van der Waals surface area contributed by atoms with Crippen molar-refractivity contribution in [3.8, 4) is 5.75 Å². The van der Waals surface area contributed by atoms with E-state index in [1.165, 1.54) is 5.01 Å². The minimum atomic E-state index is -1.46. The van der Waals surface area contributed by atoms with Gasteiger partial charge in [-0.05, 0) is 37.6 Å². The number of aryl methyl sites for hydroxylation is 1. The largest absolute Gasteiger partial charge is 0.497 e. The quantitative estimate of drug-likeness (QED) is 0.928. The number of hydrogen-bond acceptors (Lipinski definition) is 4. The molecule has 1 atom stereocenters. The highest BCUT2D eigenvalue weighted by Crippen LogP contribution is 2.37. The summed E-state index contributed by atoms with van der Waals surface area (Å²) in [5.74, 6) is 0.332. The fraction of sp³-hybridized carbons (Fsp3) is 0.300. The molecule has 1 aliphatic rings. The van der Waals surface area contributed by atoms with Gasteiger partial charge in [-0.1, -0.05) is 36.8 Å². The number of rotatable bonds is 4. The van der Waals surface area contributed by atoms with E-state index in [0.29, 0.717) is 29.7 Å². The number of hydrazone groups is 1. The van der Waals surface area contributed by atoms with Crippen molar-refractivity contribution in [1.82, 2.24) is 5.01 Å². The molecule has 3 rings (SSSR count). The van der Waals surface area contributed by atoms with Crippen LogP contribution in [0.1, 0.15) is 41.3 Å². The fourth-order valence-electron chi connectivity index (χ4n) is 2.93. The standard InChI is InChI=1S/C20H22N2O3/c1-4-17-13-20(24,16-9-5-14(2)6-10-16)22(21-17)19(23)15-7-11-18(25-3)12-8-15/h5-12,24H,4,13H2,1-3H3. The first-order valence-electron chi connectivity index (χ1n) is 8.32. The van der Waals surface area contributed by atoms with Gasteiger partial charge in [0.25, 0.3) is 5.91 Å². The molecule has 0 aromatic heterocycles. The number of carbonyl (C=O) groups is 1. The number of nitrogens with zero attached hydrogens (tertiary/aromatic N) is 2. The molecule has 0 saturated heterocycles. The van der Waals surface area contributed by atoms with Crippen molar-refractivity contribution in [3.63, 3.8) is 0 Å². The maximum atomic E-state index is 13.0. The molecule has 0 spiro atoms. The molecule has 0 radical (unpaired) electrons. The summed E-state index contributed by atoms with van der Waals surface area (Å²) in [6.07, 6.45) is 0.995. The van der Waals surface area contributed by atoms with Gasteiger partial charge < -0.3 is 9.84 Å². The van der Waals surface area contributed by atoms with Gasteiger partial charge in [0.2, 0.25) is 0 Å². The van der Waals surface area contributed by atoms with E-state index in [-0.39, 0.29) is 5.91 Å². The van der Waals surface area contributed by atoms with Crippen molar-refractivity contribution in [2.24, 2.45) is 5.10 Å². The number of aliphatic hydroxyl groups is 1. The molecule has 1 amide bonds. The Bertz CT molecular complexity index is 797. The minimum Gasteiger partial charge on any atom is -0.497 e. The Labute approximate surface area is 147 Å². The van der Waals surface area contributed by atoms with Gasteiger partial charge in [-0.3, -0.25) is 4.79 Å². The van der Waals surface area contributed by atoms with E-state index in [9.17, 15) is 9.90 Å². The Morgan fingerprint density at radius 3 is 2.40 bits per heavy atom. The smallest absolute Gasteiger partial charge is 0.276 e. The van der Waals surface area contributed by atoms with Crippen LogP contribution in [0.2, 0.25) is 0 Å². The van der Waals surface area contributed by atoms with E-state index in [0.717, 1.165) is 11.3 Å². The van der Waals surface area contributed by atoms with Crippen LogP contribution in [0.15, 0.2) is 53.6 Å². The van der Waals surface area contributed by atoms with Crippen molar-refractivity contribution in [2.75, 3.05) is 7.11 Å². The first kappa shape index (κ1) is 17.2. The third-order valence-electron chi connectivity index (χ3n) is 4.49.